The second kappa shape index (κ2) is 9.57. The maximum atomic E-state index is 11.7. The number of nitrogens with zero attached hydrogens (tertiary/aromatic N) is 1. The van der Waals surface area contributed by atoms with Crippen LogP contribution in [0.15, 0.2) is 0 Å². The number of piperazine rings is 1. The zero-order valence-corrected chi connectivity index (χ0v) is 13.0. The molecule has 0 aromatic carbocycles. The van der Waals surface area contributed by atoms with Crippen LogP contribution < -0.4 is 16.0 Å². The van der Waals surface area contributed by atoms with Gasteiger partial charge in [0.25, 0.3) is 0 Å². The minimum absolute atomic E-state index is 0.0888. The van der Waals surface area contributed by atoms with Crippen molar-refractivity contribution in [1.29, 1.82) is 0 Å². The summed E-state index contributed by atoms with van der Waals surface area (Å²) in [5.41, 5.74) is 0. The highest BCUT2D eigenvalue weighted by Gasteiger charge is 2.24. The predicted octanol–water partition coefficient (Wildman–Crippen LogP) is 0.0802. The Balaban J connectivity index is 2.18. The Morgan fingerprint density at radius 1 is 1.33 bits per heavy atom. The van der Waals surface area contributed by atoms with Gasteiger partial charge in [-0.15, -0.1) is 0 Å². The van der Waals surface area contributed by atoms with E-state index in [0.717, 1.165) is 39.1 Å². The summed E-state index contributed by atoms with van der Waals surface area (Å²) < 4.78 is 0. The molecule has 0 spiro atoms. The lowest BCUT2D eigenvalue weighted by atomic mass is 9.99. The Labute approximate surface area is 126 Å². The monoisotopic (exact) mass is 300 g/mol. The van der Waals surface area contributed by atoms with Gasteiger partial charge >= 0.3 is 12.0 Å². The highest BCUT2D eigenvalue weighted by atomic mass is 16.4. The number of carboxylic acid groups (broad SMARTS) is 1. The van der Waals surface area contributed by atoms with Gasteiger partial charge < -0.3 is 26.0 Å². The third kappa shape index (κ3) is 6.77. The Morgan fingerprint density at radius 3 is 2.57 bits per heavy atom. The number of aliphatic carboxylic acids is 1. The van der Waals surface area contributed by atoms with Crippen molar-refractivity contribution in [2.24, 2.45) is 5.92 Å². The topological polar surface area (TPSA) is 93.7 Å². The van der Waals surface area contributed by atoms with Crippen molar-refractivity contribution in [3.05, 3.63) is 0 Å². The molecule has 1 saturated heterocycles. The van der Waals surface area contributed by atoms with Crippen molar-refractivity contribution < 1.29 is 14.7 Å². The molecule has 2 amide bonds. The second-order valence-electron chi connectivity index (χ2n) is 5.55. The zero-order valence-electron chi connectivity index (χ0n) is 13.0. The van der Waals surface area contributed by atoms with E-state index in [9.17, 15) is 9.59 Å². The quantitative estimate of drug-likeness (QED) is 0.476. The van der Waals surface area contributed by atoms with Crippen LogP contribution in [0.5, 0.6) is 0 Å². The van der Waals surface area contributed by atoms with Crippen molar-refractivity contribution in [3.63, 3.8) is 0 Å². The van der Waals surface area contributed by atoms with Crippen LogP contribution in [0.3, 0.4) is 0 Å². The van der Waals surface area contributed by atoms with Gasteiger partial charge in [0, 0.05) is 32.7 Å². The molecule has 0 bridgehead atoms. The Bertz CT molecular complexity index is 332. The summed E-state index contributed by atoms with van der Waals surface area (Å²) in [5, 5.41) is 17.7. The molecule has 4 N–H and O–H groups in total. The molecule has 1 fully saturated rings. The number of amides is 2. The molecule has 2 atom stereocenters. The predicted molar refractivity (Wildman–Crippen MR) is 81.3 cm³/mol. The van der Waals surface area contributed by atoms with Crippen molar-refractivity contribution in [2.75, 3.05) is 39.3 Å². The Hall–Kier alpha value is -1.34. The van der Waals surface area contributed by atoms with E-state index in [1.165, 1.54) is 0 Å². The van der Waals surface area contributed by atoms with E-state index in [1.807, 2.05) is 13.8 Å². The number of carbonyl (C=O) groups is 2. The van der Waals surface area contributed by atoms with E-state index < -0.39 is 18.0 Å². The van der Waals surface area contributed by atoms with Crippen LogP contribution in [-0.2, 0) is 4.79 Å². The van der Waals surface area contributed by atoms with Crippen LogP contribution >= 0.6 is 0 Å². The molecule has 1 aliphatic rings. The highest BCUT2D eigenvalue weighted by molar-refractivity contribution is 5.82. The molecule has 1 heterocycles. The molecule has 0 aliphatic carbocycles. The van der Waals surface area contributed by atoms with Crippen molar-refractivity contribution in [1.82, 2.24) is 20.9 Å². The SMILES string of the molecule is CC[C@H](C)[C@H](NC(=O)NCCCN1CCNCC1)C(=O)O. The standard InChI is InChI=1S/C14H28N4O3/c1-3-11(2)12(13(19)20)17-14(21)16-5-4-8-18-9-6-15-7-10-18/h11-12,15H,3-10H2,1-2H3,(H,19,20)(H2,16,17,21)/t11-,12-/m0/s1. The van der Waals surface area contributed by atoms with Crippen molar-refractivity contribution >= 4 is 12.0 Å². The highest BCUT2D eigenvalue weighted by Crippen LogP contribution is 2.07. The van der Waals surface area contributed by atoms with Crippen LogP contribution in [0.1, 0.15) is 26.7 Å². The van der Waals surface area contributed by atoms with E-state index in [0.29, 0.717) is 13.0 Å². The fourth-order valence-electron chi connectivity index (χ4n) is 2.31. The zero-order chi connectivity index (χ0) is 15.7. The molecular weight excluding hydrogens is 272 g/mol. The first-order chi connectivity index (χ1) is 10.0. The number of rotatable bonds is 8. The van der Waals surface area contributed by atoms with Gasteiger partial charge in [-0.25, -0.2) is 9.59 Å². The van der Waals surface area contributed by atoms with Gasteiger partial charge in [-0.1, -0.05) is 20.3 Å². The van der Waals surface area contributed by atoms with E-state index in [2.05, 4.69) is 20.9 Å². The van der Waals surface area contributed by atoms with Gasteiger partial charge in [-0.2, -0.15) is 0 Å². The first-order valence-corrected chi connectivity index (χ1v) is 7.74. The minimum Gasteiger partial charge on any atom is -0.480 e. The number of nitrogens with one attached hydrogen (secondary N) is 3. The summed E-state index contributed by atoms with van der Waals surface area (Å²) >= 11 is 0. The van der Waals surface area contributed by atoms with Gasteiger partial charge in [0.05, 0.1) is 0 Å². The minimum atomic E-state index is -0.986. The van der Waals surface area contributed by atoms with E-state index in [1.54, 1.807) is 0 Å². The van der Waals surface area contributed by atoms with Crippen LogP contribution in [0.25, 0.3) is 0 Å². The Kier molecular flexibility index (Phi) is 8.07. The first kappa shape index (κ1) is 17.7. The normalized spacial score (nSPS) is 18.8. The van der Waals surface area contributed by atoms with E-state index in [-0.39, 0.29) is 5.92 Å². The molecule has 1 aliphatic heterocycles. The maximum absolute atomic E-state index is 11.7. The fourth-order valence-corrected chi connectivity index (χ4v) is 2.31. The average Bonchev–Trinajstić information content (AvgIpc) is 2.49. The van der Waals surface area contributed by atoms with Gasteiger partial charge in [-0.3, -0.25) is 0 Å². The van der Waals surface area contributed by atoms with Crippen LogP contribution in [0.2, 0.25) is 0 Å². The second-order valence-corrected chi connectivity index (χ2v) is 5.55. The van der Waals surface area contributed by atoms with Gasteiger partial charge in [0.2, 0.25) is 0 Å². The molecule has 21 heavy (non-hydrogen) atoms. The number of carbonyl (C=O) groups excluding carboxylic acids is 1. The molecule has 0 aromatic heterocycles. The number of hydrogen-bond acceptors (Lipinski definition) is 4. The molecule has 0 radical (unpaired) electrons. The summed E-state index contributed by atoms with van der Waals surface area (Å²) in [6.45, 7) is 9.37. The number of urea groups is 1. The van der Waals surface area contributed by atoms with Crippen LogP contribution in [0.4, 0.5) is 4.79 Å². The molecular formula is C14H28N4O3. The number of carboxylic acids is 1. The van der Waals surface area contributed by atoms with Gasteiger partial charge in [0.15, 0.2) is 0 Å². The van der Waals surface area contributed by atoms with Gasteiger partial charge in [-0.05, 0) is 18.9 Å². The molecule has 1 rings (SSSR count). The smallest absolute Gasteiger partial charge is 0.326 e. The molecule has 0 aromatic rings. The third-order valence-corrected chi connectivity index (χ3v) is 3.91. The molecule has 7 nitrogen and oxygen atoms in total. The fraction of sp³-hybridized carbons (Fsp3) is 0.857. The molecule has 122 valence electrons. The summed E-state index contributed by atoms with van der Waals surface area (Å²) in [4.78, 5) is 25.2. The lowest BCUT2D eigenvalue weighted by Gasteiger charge is -2.27. The summed E-state index contributed by atoms with van der Waals surface area (Å²) in [7, 11) is 0. The van der Waals surface area contributed by atoms with Crippen LogP contribution in [-0.4, -0.2) is 67.3 Å². The first-order valence-electron chi connectivity index (χ1n) is 7.74. The van der Waals surface area contributed by atoms with Crippen molar-refractivity contribution in [3.8, 4) is 0 Å². The summed E-state index contributed by atoms with van der Waals surface area (Å²) in [6, 6.07) is -1.23. The molecule has 0 unspecified atom stereocenters. The average molecular weight is 300 g/mol. The van der Waals surface area contributed by atoms with E-state index in [4.69, 9.17) is 5.11 Å². The number of hydrogen-bond donors (Lipinski definition) is 4. The van der Waals surface area contributed by atoms with Crippen molar-refractivity contribution in [2.45, 2.75) is 32.7 Å². The third-order valence-electron chi connectivity index (χ3n) is 3.91. The summed E-state index contributed by atoms with van der Waals surface area (Å²) in [6.07, 6.45) is 1.58. The van der Waals surface area contributed by atoms with Gasteiger partial charge in [0.1, 0.15) is 6.04 Å². The summed E-state index contributed by atoms with van der Waals surface area (Å²) in [5.74, 6) is -1.07. The molecule has 0 saturated carbocycles. The van der Waals surface area contributed by atoms with Crippen LogP contribution in [0, 0.1) is 5.92 Å². The molecule has 7 heteroatoms. The lowest BCUT2D eigenvalue weighted by molar-refractivity contribution is -0.140. The maximum Gasteiger partial charge on any atom is 0.326 e. The largest absolute Gasteiger partial charge is 0.480 e. The lowest BCUT2D eigenvalue weighted by Crippen LogP contribution is -2.49. The Morgan fingerprint density at radius 2 is 2.00 bits per heavy atom. The van der Waals surface area contributed by atoms with E-state index >= 15 is 0 Å².